The summed E-state index contributed by atoms with van der Waals surface area (Å²) in [7, 11) is 0. The smallest absolute Gasteiger partial charge is 0.234 e. The largest absolute Gasteiger partial charge is 0.387 e. The molecule has 1 amide bonds. The van der Waals surface area contributed by atoms with Gasteiger partial charge in [0.2, 0.25) is 5.91 Å². The van der Waals surface area contributed by atoms with Crippen molar-refractivity contribution in [3.63, 3.8) is 0 Å². The van der Waals surface area contributed by atoms with Gasteiger partial charge in [0.1, 0.15) is 0 Å². The monoisotopic (exact) mass is 347 g/mol. The highest BCUT2D eigenvalue weighted by atomic mass is 16.5. The predicted molar refractivity (Wildman–Crippen MR) is 96.3 cm³/mol. The van der Waals surface area contributed by atoms with Crippen LogP contribution < -0.4 is 5.32 Å². The third kappa shape index (κ3) is 5.78. The lowest BCUT2D eigenvalue weighted by molar-refractivity contribution is -0.124. The molecule has 1 aromatic carbocycles. The number of aliphatic hydroxyl groups excluding tert-OH is 1. The summed E-state index contributed by atoms with van der Waals surface area (Å²) in [5.74, 6) is 0.115. The fourth-order valence-electron chi connectivity index (χ4n) is 3.47. The van der Waals surface area contributed by atoms with Crippen LogP contribution in [0, 0.1) is 0 Å². The molecule has 1 aromatic rings. The Bertz CT molecular complexity index is 526. The molecule has 2 heterocycles. The van der Waals surface area contributed by atoms with E-state index >= 15 is 0 Å². The van der Waals surface area contributed by atoms with E-state index in [0.717, 1.165) is 57.8 Å². The fraction of sp³-hybridized carbons (Fsp3) is 0.632. The Morgan fingerprint density at radius 3 is 2.44 bits per heavy atom. The molecule has 0 saturated carbocycles. The van der Waals surface area contributed by atoms with E-state index < -0.39 is 6.10 Å². The average Bonchev–Trinajstić information content (AvgIpc) is 2.65. The molecule has 0 spiro atoms. The Balaban J connectivity index is 1.36. The zero-order valence-corrected chi connectivity index (χ0v) is 14.8. The molecular formula is C19H29N3O3. The van der Waals surface area contributed by atoms with Gasteiger partial charge in [-0.2, -0.15) is 0 Å². The first-order valence-electron chi connectivity index (χ1n) is 9.25. The second-order valence-electron chi connectivity index (χ2n) is 6.96. The van der Waals surface area contributed by atoms with Gasteiger partial charge in [0, 0.05) is 52.0 Å². The number of benzene rings is 1. The van der Waals surface area contributed by atoms with Crippen LogP contribution >= 0.6 is 0 Å². The summed E-state index contributed by atoms with van der Waals surface area (Å²) in [5.41, 5.74) is 0.959. The zero-order valence-electron chi connectivity index (χ0n) is 14.8. The molecule has 2 aliphatic heterocycles. The minimum Gasteiger partial charge on any atom is -0.387 e. The van der Waals surface area contributed by atoms with Crippen LogP contribution in [0.25, 0.3) is 0 Å². The molecule has 25 heavy (non-hydrogen) atoms. The van der Waals surface area contributed by atoms with E-state index in [9.17, 15) is 9.90 Å². The normalized spacial score (nSPS) is 21.8. The first kappa shape index (κ1) is 18.3. The topological polar surface area (TPSA) is 65.0 Å². The van der Waals surface area contributed by atoms with Crippen LogP contribution in [0.5, 0.6) is 0 Å². The van der Waals surface area contributed by atoms with Gasteiger partial charge in [0.15, 0.2) is 0 Å². The number of piperazine rings is 1. The van der Waals surface area contributed by atoms with Crippen LogP contribution in [0.4, 0.5) is 0 Å². The molecule has 2 fully saturated rings. The summed E-state index contributed by atoms with van der Waals surface area (Å²) in [6.45, 7) is 6.09. The number of carbonyl (C=O) groups is 1. The molecule has 2 aliphatic rings. The first-order chi connectivity index (χ1) is 12.2. The number of hydrogen-bond donors (Lipinski definition) is 2. The second kappa shape index (κ2) is 9.29. The molecule has 0 aromatic heterocycles. The van der Waals surface area contributed by atoms with Crippen LogP contribution in [0.2, 0.25) is 0 Å². The van der Waals surface area contributed by atoms with Gasteiger partial charge in [-0.05, 0) is 18.4 Å². The number of rotatable bonds is 6. The summed E-state index contributed by atoms with van der Waals surface area (Å²) >= 11 is 0. The van der Waals surface area contributed by atoms with Crippen molar-refractivity contribution in [2.45, 2.75) is 25.0 Å². The van der Waals surface area contributed by atoms with Crippen LogP contribution in [-0.4, -0.2) is 79.3 Å². The van der Waals surface area contributed by atoms with Gasteiger partial charge in [0.25, 0.3) is 0 Å². The Labute approximate surface area is 149 Å². The van der Waals surface area contributed by atoms with Crippen LogP contribution in [0.3, 0.4) is 0 Å². The number of ether oxygens (including phenoxy) is 1. The zero-order chi connectivity index (χ0) is 17.5. The van der Waals surface area contributed by atoms with Gasteiger partial charge in [-0.15, -0.1) is 0 Å². The van der Waals surface area contributed by atoms with Crippen molar-refractivity contribution in [3.8, 4) is 0 Å². The highest BCUT2D eigenvalue weighted by Gasteiger charge is 2.22. The highest BCUT2D eigenvalue weighted by molar-refractivity contribution is 5.78. The fourth-order valence-corrected chi connectivity index (χ4v) is 3.47. The molecule has 0 aliphatic carbocycles. The maximum atomic E-state index is 12.2. The molecular weight excluding hydrogens is 318 g/mol. The molecule has 6 heteroatoms. The third-order valence-corrected chi connectivity index (χ3v) is 5.03. The lowest BCUT2D eigenvalue weighted by Gasteiger charge is -2.35. The molecule has 0 bridgehead atoms. The van der Waals surface area contributed by atoms with Crippen LogP contribution in [0.1, 0.15) is 24.5 Å². The lowest BCUT2D eigenvalue weighted by atomic mass is 10.1. The van der Waals surface area contributed by atoms with E-state index in [1.54, 1.807) is 0 Å². The molecule has 0 unspecified atom stereocenters. The Morgan fingerprint density at radius 2 is 1.76 bits per heavy atom. The molecule has 3 rings (SSSR count). The molecule has 2 saturated heterocycles. The van der Waals surface area contributed by atoms with Crippen molar-refractivity contribution >= 4 is 5.91 Å². The Hall–Kier alpha value is -1.47. The van der Waals surface area contributed by atoms with Crippen molar-refractivity contribution in [1.29, 1.82) is 0 Å². The van der Waals surface area contributed by atoms with Crippen LogP contribution in [0.15, 0.2) is 30.3 Å². The quantitative estimate of drug-likeness (QED) is 0.790. The number of carbonyl (C=O) groups excluding carboxylic acids is 1. The SMILES string of the molecule is O=C(CN1CCN(C[C@@H](O)c2ccccc2)CC1)NC1CCOCC1. The maximum absolute atomic E-state index is 12.2. The van der Waals surface area contributed by atoms with Gasteiger partial charge >= 0.3 is 0 Å². The number of β-amino-alcohol motifs (C(OH)–C–C–N with tert-alkyl or cyclic N) is 1. The van der Waals surface area contributed by atoms with Gasteiger partial charge in [0.05, 0.1) is 12.6 Å². The minimum atomic E-state index is -0.454. The number of amides is 1. The summed E-state index contributed by atoms with van der Waals surface area (Å²) in [4.78, 5) is 16.6. The van der Waals surface area contributed by atoms with Crippen molar-refractivity contribution in [2.24, 2.45) is 0 Å². The van der Waals surface area contributed by atoms with Crippen molar-refractivity contribution < 1.29 is 14.6 Å². The summed E-state index contributed by atoms with van der Waals surface area (Å²) in [5, 5.41) is 13.5. The average molecular weight is 347 g/mol. The summed E-state index contributed by atoms with van der Waals surface area (Å²) < 4.78 is 5.32. The van der Waals surface area contributed by atoms with E-state index in [4.69, 9.17) is 4.74 Å². The predicted octanol–water partition coefficient (Wildman–Crippen LogP) is 0.633. The number of aliphatic hydroxyl groups is 1. The Kier molecular flexibility index (Phi) is 6.81. The van der Waals surface area contributed by atoms with Gasteiger partial charge in [-0.3, -0.25) is 14.6 Å². The lowest BCUT2D eigenvalue weighted by Crippen LogP contribution is -2.51. The van der Waals surface area contributed by atoms with Gasteiger partial charge in [-0.1, -0.05) is 30.3 Å². The van der Waals surface area contributed by atoms with E-state index in [1.165, 1.54) is 0 Å². The first-order valence-corrected chi connectivity index (χ1v) is 9.25. The molecule has 6 nitrogen and oxygen atoms in total. The van der Waals surface area contributed by atoms with E-state index in [2.05, 4.69) is 15.1 Å². The highest BCUT2D eigenvalue weighted by Crippen LogP contribution is 2.15. The number of hydrogen-bond acceptors (Lipinski definition) is 5. The third-order valence-electron chi connectivity index (χ3n) is 5.03. The number of nitrogens with one attached hydrogen (secondary N) is 1. The van der Waals surface area contributed by atoms with Crippen molar-refractivity contribution in [1.82, 2.24) is 15.1 Å². The van der Waals surface area contributed by atoms with Gasteiger partial charge < -0.3 is 15.2 Å². The Morgan fingerprint density at radius 1 is 1.12 bits per heavy atom. The minimum absolute atomic E-state index is 0.115. The van der Waals surface area contributed by atoms with E-state index in [0.29, 0.717) is 13.1 Å². The van der Waals surface area contributed by atoms with E-state index in [1.807, 2.05) is 30.3 Å². The van der Waals surface area contributed by atoms with Crippen molar-refractivity contribution in [3.05, 3.63) is 35.9 Å². The van der Waals surface area contributed by atoms with Crippen molar-refractivity contribution in [2.75, 3.05) is 52.5 Å². The second-order valence-corrected chi connectivity index (χ2v) is 6.96. The summed E-state index contributed by atoms with van der Waals surface area (Å²) in [6.07, 6.45) is 1.37. The molecule has 1 atom stereocenters. The summed E-state index contributed by atoms with van der Waals surface area (Å²) in [6, 6.07) is 10.0. The maximum Gasteiger partial charge on any atom is 0.234 e. The van der Waals surface area contributed by atoms with Crippen LogP contribution in [-0.2, 0) is 9.53 Å². The molecule has 2 N–H and O–H groups in total. The number of nitrogens with zero attached hydrogens (tertiary/aromatic N) is 2. The standard InChI is InChI=1S/C19H29N3O3/c23-18(16-4-2-1-3-5-16)14-21-8-10-22(11-9-21)15-19(24)20-17-6-12-25-13-7-17/h1-5,17-18,23H,6-15H2,(H,20,24)/t18-/m1/s1. The molecule has 138 valence electrons. The van der Waals surface area contributed by atoms with Gasteiger partial charge in [-0.25, -0.2) is 0 Å². The van der Waals surface area contributed by atoms with E-state index in [-0.39, 0.29) is 11.9 Å². The molecule has 0 radical (unpaired) electrons.